The molecule has 2 aliphatic carbocycles. The van der Waals surface area contributed by atoms with Gasteiger partial charge in [0.05, 0.1) is 6.26 Å². The van der Waals surface area contributed by atoms with Gasteiger partial charge in [-0.3, -0.25) is 0 Å². The van der Waals surface area contributed by atoms with Crippen LogP contribution >= 0.6 is 0 Å². The number of allylic oxidation sites excluding steroid dienone is 2. The fraction of sp³-hybridized carbons (Fsp3) is 0.412. The third kappa shape index (κ3) is 5.51. The Morgan fingerprint density at radius 1 is 0.872 bits per heavy atom. The predicted octanol–water partition coefficient (Wildman–Crippen LogP) is 8.38. The fourth-order valence-corrected chi connectivity index (χ4v) is 7.52. The van der Waals surface area contributed by atoms with Crippen molar-refractivity contribution in [1.82, 2.24) is 0 Å². The lowest BCUT2D eigenvalue weighted by Gasteiger charge is -2.46. The Labute approximate surface area is 234 Å². The van der Waals surface area contributed by atoms with Gasteiger partial charge in [-0.25, -0.2) is 0 Å². The van der Waals surface area contributed by atoms with E-state index in [4.69, 9.17) is 8.92 Å². The second-order valence-corrected chi connectivity index (χ2v) is 13.4. The van der Waals surface area contributed by atoms with Gasteiger partial charge in [0, 0.05) is 17.0 Å². The molecule has 0 N–H and O–H groups in total. The summed E-state index contributed by atoms with van der Waals surface area (Å²) in [6.07, 6.45) is 5.56. The van der Waals surface area contributed by atoms with E-state index < -0.39 is 10.1 Å². The monoisotopic (exact) mass is 544 g/mol. The normalized spacial score (nSPS) is 24.0. The van der Waals surface area contributed by atoms with E-state index in [2.05, 4.69) is 64.1 Å². The van der Waals surface area contributed by atoms with Gasteiger partial charge in [-0.2, -0.15) is 8.42 Å². The van der Waals surface area contributed by atoms with E-state index in [1.165, 1.54) is 22.3 Å². The summed E-state index contributed by atoms with van der Waals surface area (Å²) >= 11 is 0. The molecule has 5 heteroatoms. The average molecular weight is 545 g/mol. The van der Waals surface area contributed by atoms with Gasteiger partial charge in [-0.1, -0.05) is 86.2 Å². The van der Waals surface area contributed by atoms with Gasteiger partial charge in [0.1, 0.15) is 6.61 Å². The predicted molar refractivity (Wildman–Crippen MR) is 158 cm³/mol. The molecule has 0 amide bonds. The van der Waals surface area contributed by atoms with Crippen molar-refractivity contribution in [2.75, 3.05) is 6.26 Å². The lowest BCUT2D eigenvalue weighted by molar-refractivity contribution is 0.269. The molecule has 0 fully saturated rings. The summed E-state index contributed by atoms with van der Waals surface area (Å²) in [4.78, 5) is 0. The molecule has 1 unspecified atom stereocenters. The van der Waals surface area contributed by atoms with Gasteiger partial charge < -0.3 is 8.92 Å². The largest absolute Gasteiger partial charge is 0.485 e. The molecule has 0 spiro atoms. The molecule has 3 aromatic carbocycles. The maximum atomic E-state index is 12.6. The van der Waals surface area contributed by atoms with Crippen LogP contribution in [0.15, 0.2) is 72.3 Å². The Morgan fingerprint density at radius 3 is 2.13 bits per heavy atom. The van der Waals surface area contributed by atoms with E-state index in [0.29, 0.717) is 35.9 Å². The van der Waals surface area contributed by atoms with Crippen LogP contribution in [0.5, 0.6) is 11.5 Å². The third-order valence-electron chi connectivity index (χ3n) is 8.62. The maximum Gasteiger partial charge on any atom is 0.306 e. The number of ether oxygens (including phenoxy) is 1. The highest BCUT2D eigenvalue weighted by Crippen LogP contribution is 2.61. The maximum absolute atomic E-state index is 12.6. The quantitative estimate of drug-likeness (QED) is 0.221. The molecule has 206 valence electrons. The lowest BCUT2D eigenvalue weighted by atomic mass is 9.58. The first-order valence-corrected chi connectivity index (χ1v) is 15.8. The highest BCUT2D eigenvalue weighted by Gasteiger charge is 2.45. The van der Waals surface area contributed by atoms with Crippen molar-refractivity contribution in [2.45, 2.75) is 77.7 Å². The summed E-state index contributed by atoms with van der Waals surface area (Å²) in [6, 6.07) is 20.7. The minimum atomic E-state index is -3.78. The standard InChI is InChI=1S/C34H40O4S/c1-21(2)17-27-18-22(3)28-19-29(26-15-11-8-12-16-26)23(4)31-32(28)30(27)24(5)33(38-39(6,35)36)34(31)37-20-25-13-9-7-10-14-25/h7-17,22-23,27-29H,18-20H2,1-6H3/t22-,23-,27-,28+,29?/m0/s1. The Balaban J connectivity index is 1.79. The van der Waals surface area contributed by atoms with Crippen molar-refractivity contribution in [1.29, 1.82) is 0 Å². The molecule has 0 aromatic heterocycles. The van der Waals surface area contributed by atoms with Crippen molar-refractivity contribution in [3.05, 3.63) is 106 Å². The SMILES string of the molecule is CC(C)=C[C@H]1C[C@H](C)[C@H]2CC(c3ccccc3)[C@H](C)c3c(OCc4ccccc4)c(OS(C)(=O)=O)c(C)c1c32. The van der Waals surface area contributed by atoms with E-state index in [1.807, 2.05) is 37.3 Å². The van der Waals surface area contributed by atoms with Crippen LogP contribution in [0.4, 0.5) is 0 Å². The van der Waals surface area contributed by atoms with Crippen molar-refractivity contribution in [3.8, 4) is 11.5 Å². The molecular weight excluding hydrogens is 504 g/mol. The van der Waals surface area contributed by atoms with Crippen LogP contribution in [0.25, 0.3) is 0 Å². The van der Waals surface area contributed by atoms with Crippen molar-refractivity contribution < 1.29 is 17.3 Å². The highest BCUT2D eigenvalue weighted by molar-refractivity contribution is 7.86. The van der Waals surface area contributed by atoms with E-state index in [9.17, 15) is 8.42 Å². The lowest BCUT2D eigenvalue weighted by Crippen LogP contribution is -2.32. The summed E-state index contributed by atoms with van der Waals surface area (Å²) in [5.74, 6) is 2.42. The van der Waals surface area contributed by atoms with Gasteiger partial charge in [-0.15, -0.1) is 0 Å². The summed E-state index contributed by atoms with van der Waals surface area (Å²) in [5, 5.41) is 0. The molecule has 0 heterocycles. The van der Waals surface area contributed by atoms with E-state index in [1.54, 1.807) is 0 Å². The smallest absolute Gasteiger partial charge is 0.306 e. The Bertz CT molecular complexity index is 1470. The second-order valence-electron chi connectivity index (χ2n) is 11.8. The molecule has 2 aliphatic rings. The minimum Gasteiger partial charge on any atom is -0.485 e. The molecule has 0 saturated heterocycles. The summed E-state index contributed by atoms with van der Waals surface area (Å²) < 4.78 is 37.7. The number of rotatable bonds is 7. The summed E-state index contributed by atoms with van der Waals surface area (Å²) in [7, 11) is -3.78. The van der Waals surface area contributed by atoms with Crippen LogP contribution in [0.2, 0.25) is 0 Å². The average Bonchev–Trinajstić information content (AvgIpc) is 2.88. The van der Waals surface area contributed by atoms with Crippen LogP contribution in [0.1, 0.15) is 97.6 Å². The van der Waals surface area contributed by atoms with E-state index in [0.717, 1.165) is 35.8 Å². The fourth-order valence-electron chi connectivity index (χ4n) is 7.01. The van der Waals surface area contributed by atoms with Crippen molar-refractivity contribution in [3.63, 3.8) is 0 Å². The second kappa shape index (κ2) is 10.8. The Kier molecular flexibility index (Phi) is 7.65. The van der Waals surface area contributed by atoms with Gasteiger partial charge in [0.2, 0.25) is 0 Å². The van der Waals surface area contributed by atoms with Gasteiger partial charge >= 0.3 is 10.1 Å². The van der Waals surface area contributed by atoms with E-state index >= 15 is 0 Å². The molecule has 5 rings (SSSR count). The van der Waals surface area contributed by atoms with Gasteiger partial charge in [0.25, 0.3) is 0 Å². The third-order valence-corrected chi connectivity index (χ3v) is 9.09. The minimum absolute atomic E-state index is 0.128. The van der Waals surface area contributed by atoms with Crippen LogP contribution in [-0.2, 0) is 16.7 Å². The zero-order chi connectivity index (χ0) is 27.9. The molecule has 3 aromatic rings. The summed E-state index contributed by atoms with van der Waals surface area (Å²) in [5.41, 5.74) is 8.20. The number of hydrogen-bond acceptors (Lipinski definition) is 4. The van der Waals surface area contributed by atoms with Gasteiger partial charge in [-0.05, 0) is 79.5 Å². The van der Waals surface area contributed by atoms with Crippen LogP contribution in [-0.4, -0.2) is 14.7 Å². The number of benzene rings is 3. The molecule has 5 atom stereocenters. The van der Waals surface area contributed by atoms with Gasteiger partial charge in [0.15, 0.2) is 11.5 Å². The first-order chi connectivity index (χ1) is 18.5. The Morgan fingerprint density at radius 2 is 1.51 bits per heavy atom. The molecule has 0 aliphatic heterocycles. The first kappa shape index (κ1) is 27.5. The van der Waals surface area contributed by atoms with Crippen molar-refractivity contribution in [2.24, 2.45) is 5.92 Å². The topological polar surface area (TPSA) is 52.6 Å². The van der Waals surface area contributed by atoms with Crippen LogP contribution in [0.3, 0.4) is 0 Å². The van der Waals surface area contributed by atoms with E-state index in [-0.39, 0.29) is 11.8 Å². The molecule has 0 saturated carbocycles. The molecule has 39 heavy (non-hydrogen) atoms. The Hall–Kier alpha value is -3.05. The van der Waals surface area contributed by atoms with Crippen molar-refractivity contribution >= 4 is 10.1 Å². The zero-order valence-corrected chi connectivity index (χ0v) is 24.7. The first-order valence-electron chi connectivity index (χ1n) is 14.0. The van der Waals surface area contributed by atoms with Crippen LogP contribution in [0, 0.1) is 12.8 Å². The highest BCUT2D eigenvalue weighted by atomic mass is 32.2. The molecule has 0 radical (unpaired) electrons. The molecule has 0 bridgehead atoms. The molecular formula is C34H40O4S. The van der Waals surface area contributed by atoms with Crippen LogP contribution < -0.4 is 8.92 Å². The summed E-state index contributed by atoms with van der Waals surface area (Å²) in [6.45, 7) is 11.3. The zero-order valence-electron chi connectivity index (χ0n) is 23.9. The number of hydrogen-bond donors (Lipinski definition) is 0. The molecule has 4 nitrogen and oxygen atoms in total.